The Kier molecular flexibility index (Phi) is 5.65. The largest absolute Gasteiger partial charge is 0.357 e. The van der Waals surface area contributed by atoms with Crippen LogP contribution in [0.25, 0.3) is 4.96 Å². The average molecular weight is 359 g/mol. The molecule has 132 valence electrons. The fraction of sp³-hybridized carbons (Fsp3) is 0.333. The maximum atomic E-state index is 13.2. The van der Waals surface area contributed by atoms with Crippen LogP contribution in [0.3, 0.4) is 0 Å². The van der Waals surface area contributed by atoms with E-state index < -0.39 is 0 Å². The van der Waals surface area contributed by atoms with Crippen molar-refractivity contribution in [2.75, 3.05) is 13.1 Å². The molecule has 0 radical (unpaired) electrons. The molecule has 3 rings (SSSR count). The van der Waals surface area contributed by atoms with E-state index in [2.05, 4.69) is 20.6 Å². The highest BCUT2D eigenvalue weighted by Crippen LogP contribution is 2.12. The lowest BCUT2D eigenvalue weighted by atomic mass is 10.1. The van der Waals surface area contributed by atoms with Crippen molar-refractivity contribution in [1.29, 1.82) is 0 Å². The van der Waals surface area contributed by atoms with Crippen LogP contribution in [-0.4, -0.2) is 28.4 Å². The number of aryl methyl sites for hydroxylation is 1. The van der Waals surface area contributed by atoms with Crippen LogP contribution in [0.2, 0.25) is 0 Å². The van der Waals surface area contributed by atoms with E-state index in [9.17, 15) is 4.39 Å². The zero-order valence-electron chi connectivity index (χ0n) is 14.4. The molecule has 1 aromatic carbocycles. The van der Waals surface area contributed by atoms with Gasteiger partial charge in [-0.05, 0) is 43.5 Å². The van der Waals surface area contributed by atoms with Crippen LogP contribution >= 0.6 is 11.3 Å². The Labute approximate surface area is 150 Å². The SMILES string of the molecule is CCNC(=NCc1cn2ccsc2n1)NCCc1ccc(F)cc1C. The van der Waals surface area contributed by atoms with Gasteiger partial charge in [-0.3, -0.25) is 4.40 Å². The number of rotatable bonds is 6. The molecule has 0 saturated heterocycles. The first kappa shape index (κ1) is 17.4. The number of halogens is 1. The summed E-state index contributed by atoms with van der Waals surface area (Å²) in [6, 6.07) is 4.92. The van der Waals surface area contributed by atoms with Gasteiger partial charge in [0, 0.05) is 30.9 Å². The van der Waals surface area contributed by atoms with E-state index in [4.69, 9.17) is 0 Å². The monoisotopic (exact) mass is 359 g/mol. The summed E-state index contributed by atoms with van der Waals surface area (Å²) < 4.78 is 15.2. The van der Waals surface area contributed by atoms with Gasteiger partial charge in [-0.1, -0.05) is 6.07 Å². The third-order valence-electron chi connectivity index (χ3n) is 3.88. The van der Waals surface area contributed by atoms with Crippen molar-refractivity contribution in [3.8, 4) is 0 Å². The van der Waals surface area contributed by atoms with Crippen LogP contribution in [0, 0.1) is 12.7 Å². The zero-order valence-corrected chi connectivity index (χ0v) is 15.2. The summed E-state index contributed by atoms with van der Waals surface area (Å²) in [5.41, 5.74) is 3.05. The lowest BCUT2D eigenvalue weighted by Gasteiger charge is -2.12. The minimum atomic E-state index is -0.191. The number of aromatic nitrogens is 2. The number of benzene rings is 1. The number of nitrogens with one attached hydrogen (secondary N) is 2. The summed E-state index contributed by atoms with van der Waals surface area (Å²) in [6.45, 7) is 6.02. The van der Waals surface area contributed by atoms with Crippen molar-refractivity contribution in [1.82, 2.24) is 20.0 Å². The molecular formula is C18H22FN5S. The molecule has 25 heavy (non-hydrogen) atoms. The molecule has 0 spiro atoms. The van der Waals surface area contributed by atoms with Gasteiger partial charge in [0.1, 0.15) is 5.82 Å². The molecule has 3 aromatic rings. The van der Waals surface area contributed by atoms with Gasteiger partial charge in [-0.25, -0.2) is 14.4 Å². The van der Waals surface area contributed by atoms with Crippen molar-refractivity contribution in [3.63, 3.8) is 0 Å². The molecule has 2 aromatic heterocycles. The van der Waals surface area contributed by atoms with Crippen molar-refractivity contribution >= 4 is 22.3 Å². The van der Waals surface area contributed by atoms with Crippen molar-refractivity contribution in [2.45, 2.75) is 26.8 Å². The van der Waals surface area contributed by atoms with E-state index in [1.54, 1.807) is 17.4 Å². The topological polar surface area (TPSA) is 53.7 Å². The number of imidazole rings is 1. The molecule has 0 fully saturated rings. The highest BCUT2D eigenvalue weighted by atomic mass is 32.1. The molecule has 0 amide bonds. The quantitative estimate of drug-likeness (QED) is 0.525. The van der Waals surface area contributed by atoms with Crippen LogP contribution in [0.5, 0.6) is 0 Å². The summed E-state index contributed by atoms with van der Waals surface area (Å²) in [5, 5.41) is 8.57. The van der Waals surface area contributed by atoms with Crippen LogP contribution in [0.1, 0.15) is 23.7 Å². The standard InChI is InChI=1S/C18H22FN5S/c1-3-20-17(21-7-6-14-4-5-15(19)10-13(14)2)22-11-16-12-24-8-9-25-18(24)23-16/h4-5,8-10,12H,3,6-7,11H2,1-2H3,(H2,20,21,22). The lowest BCUT2D eigenvalue weighted by molar-refractivity contribution is 0.625. The number of aliphatic imine (C=N–C) groups is 1. The van der Waals surface area contributed by atoms with Gasteiger partial charge in [-0.15, -0.1) is 11.3 Å². The number of fused-ring (bicyclic) bond motifs is 1. The minimum Gasteiger partial charge on any atom is -0.357 e. The van der Waals surface area contributed by atoms with Gasteiger partial charge in [0.05, 0.1) is 12.2 Å². The molecule has 0 aliphatic carbocycles. The normalized spacial score (nSPS) is 11.9. The van der Waals surface area contributed by atoms with E-state index in [1.807, 2.05) is 42.1 Å². The number of thiazole rings is 1. The van der Waals surface area contributed by atoms with Gasteiger partial charge in [0.2, 0.25) is 0 Å². The third-order valence-corrected chi connectivity index (χ3v) is 4.65. The van der Waals surface area contributed by atoms with Gasteiger partial charge in [0.25, 0.3) is 0 Å². The smallest absolute Gasteiger partial charge is 0.193 e. The first-order chi connectivity index (χ1) is 12.2. The van der Waals surface area contributed by atoms with E-state index in [0.29, 0.717) is 6.54 Å². The maximum Gasteiger partial charge on any atom is 0.193 e. The predicted octanol–water partition coefficient (Wildman–Crippen LogP) is 3.14. The van der Waals surface area contributed by atoms with Crippen molar-refractivity contribution in [2.24, 2.45) is 4.99 Å². The fourth-order valence-corrected chi connectivity index (χ4v) is 3.33. The molecule has 2 N–H and O–H groups in total. The second-order valence-corrected chi connectivity index (χ2v) is 6.64. The highest BCUT2D eigenvalue weighted by molar-refractivity contribution is 7.15. The Morgan fingerprint density at radius 1 is 1.36 bits per heavy atom. The number of hydrogen-bond acceptors (Lipinski definition) is 3. The molecule has 5 nitrogen and oxygen atoms in total. The molecule has 0 atom stereocenters. The first-order valence-corrected chi connectivity index (χ1v) is 9.22. The van der Waals surface area contributed by atoms with E-state index in [1.165, 1.54) is 6.07 Å². The summed E-state index contributed by atoms with van der Waals surface area (Å²) in [5.74, 6) is 0.572. The van der Waals surface area contributed by atoms with E-state index in [-0.39, 0.29) is 5.82 Å². The minimum absolute atomic E-state index is 0.191. The highest BCUT2D eigenvalue weighted by Gasteiger charge is 2.04. The molecule has 0 unspecified atom stereocenters. The fourth-order valence-electron chi connectivity index (χ4n) is 2.61. The molecule has 0 bridgehead atoms. The third kappa shape index (κ3) is 4.57. The Bertz CT molecular complexity index is 839. The molecular weight excluding hydrogens is 337 g/mol. The summed E-state index contributed by atoms with van der Waals surface area (Å²) in [4.78, 5) is 10.1. The van der Waals surface area contributed by atoms with E-state index >= 15 is 0 Å². The lowest BCUT2D eigenvalue weighted by Crippen LogP contribution is -2.38. The molecule has 0 aliphatic rings. The van der Waals surface area contributed by atoms with Crippen LogP contribution in [-0.2, 0) is 13.0 Å². The van der Waals surface area contributed by atoms with Gasteiger partial charge in [0.15, 0.2) is 10.9 Å². The summed E-state index contributed by atoms with van der Waals surface area (Å²) in [7, 11) is 0. The summed E-state index contributed by atoms with van der Waals surface area (Å²) in [6.07, 6.45) is 4.81. The number of hydrogen-bond donors (Lipinski definition) is 2. The Hall–Kier alpha value is -2.41. The second-order valence-electron chi connectivity index (χ2n) is 5.77. The van der Waals surface area contributed by atoms with Crippen molar-refractivity contribution in [3.05, 3.63) is 58.6 Å². The second kappa shape index (κ2) is 8.11. The maximum absolute atomic E-state index is 13.2. The van der Waals surface area contributed by atoms with Crippen molar-refractivity contribution < 1.29 is 4.39 Å². The van der Waals surface area contributed by atoms with Gasteiger partial charge >= 0.3 is 0 Å². The number of nitrogens with zero attached hydrogens (tertiary/aromatic N) is 3. The average Bonchev–Trinajstić information content (AvgIpc) is 3.16. The van der Waals surface area contributed by atoms with Crippen LogP contribution in [0.4, 0.5) is 4.39 Å². The van der Waals surface area contributed by atoms with Gasteiger partial charge < -0.3 is 10.6 Å². The zero-order chi connectivity index (χ0) is 17.6. The van der Waals surface area contributed by atoms with Crippen LogP contribution < -0.4 is 10.6 Å². The molecule has 0 aliphatic heterocycles. The van der Waals surface area contributed by atoms with E-state index in [0.717, 1.165) is 47.3 Å². The van der Waals surface area contributed by atoms with Gasteiger partial charge in [-0.2, -0.15) is 0 Å². The van der Waals surface area contributed by atoms with Crippen LogP contribution in [0.15, 0.2) is 41.0 Å². The summed E-state index contributed by atoms with van der Waals surface area (Å²) >= 11 is 1.61. The number of guanidine groups is 1. The Balaban J connectivity index is 1.57. The first-order valence-electron chi connectivity index (χ1n) is 8.34. The Morgan fingerprint density at radius 3 is 3.00 bits per heavy atom. The molecule has 7 heteroatoms. The predicted molar refractivity (Wildman–Crippen MR) is 101 cm³/mol. The molecule has 0 saturated carbocycles. The molecule has 2 heterocycles. The Morgan fingerprint density at radius 2 is 2.24 bits per heavy atom.